The minimum Gasteiger partial charge on any atom is -0.316 e. The number of benzene rings is 1. The van der Waals surface area contributed by atoms with E-state index in [4.69, 9.17) is 11.6 Å². The Labute approximate surface area is 124 Å². The van der Waals surface area contributed by atoms with E-state index in [1.807, 2.05) is 31.3 Å². The Morgan fingerprint density at radius 2 is 2.17 bits per heavy atom. The number of hydrogen-bond acceptors (Lipinski definition) is 3. The molecule has 1 aromatic carbocycles. The Hall–Kier alpha value is -0.550. The van der Waals surface area contributed by atoms with E-state index in [0.717, 1.165) is 31.5 Å². The summed E-state index contributed by atoms with van der Waals surface area (Å²) in [5.41, 5.74) is 1.10. The fourth-order valence-corrected chi connectivity index (χ4v) is 3.27. The molecular formula is C13H12BrClN2S. The number of nitrogens with one attached hydrogen (secondary N) is 1. The zero-order chi connectivity index (χ0) is 13.0. The monoisotopic (exact) mass is 342 g/mol. The van der Waals surface area contributed by atoms with Gasteiger partial charge in [-0.1, -0.05) is 29.4 Å². The van der Waals surface area contributed by atoms with Crippen LogP contribution >= 0.6 is 39.3 Å². The summed E-state index contributed by atoms with van der Waals surface area (Å²) in [5, 5.41) is 4.86. The third kappa shape index (κ3) is 3.26. The minimum atomic E-state index is 0.743. The van der Waals surface area contributed by atoms with E-state index >= 15 is 0 Å². The van der Waals surface area contributed by atoms with Gasteiger partial charge in [-0.3, -0.25) is 0 Å². The summed E-state index contributed by atoms with van der Waals surface area (Å²) in [6.45, 7) is 0.743. The first-order valence-corrected chi connectivity index (χ1v) is 7.41. The van der Waals surface area contributed by atoms with Crippen molar-refractivity contribution in [2.45, 2.75) is 16.5 Å². The van der Waals surface area contributed by atoms with E-state index in [-0.39, 0.29) is 0 Å². The maximum Gasteiger partial charge on any atom is 0.115 e. The summed E-state index contributed by atoms with van der Waals surface area (Å²) in [6, 6.07) is 9.81. The van der Waals surface area contributed by atoms with Gasteiger partial charge < -0.3 is 5.32 Å². The van der Waals surface area contributed by atoms with Crippen LogP contribution in [0.15, 0.2) is 50.9 Å². The summed E-state index contributed by atoms with van der Waals surface area (Å²) in [7, 11) is 1.91. The topological polar surface area (TPSA) is 24.9 Å². The number of hydrogen-bond donors (Lipinski definition) is 1. The van der Waals surface area contributed by atoms with Crippen molar-refractivity contribution >= 4 is 39.3 Å². The van der Waals surface area contributed by atoms with Crippen molar-refractivity contribution in [2.24, 2.45) is 0 Å². The molecule has 5 heteroatoms. The van der Waals surface area contributed by atoms with Gasteiger partial charge >= 0.3 is 0 Å². The Bertz CT molecular complexity index is 548. The molecule has 0 atom stereocenters. The van der Waals surface area contributed by atoms with Gasteiger partial charge in [0.15, 0.2) is 0 Å². The molecule has 0 bridgehead atoms. The highest BCUT2D eigenvalue weighted by atomic mass is 79.9. The standard InChI is InChI=1S/C13H12BrClN2S/c1-16-8-9-11(15)5-2-6-12(9)18-13-10(14)4-3-7-17-13/h2-7,16H,8H2,1H3. The molecule has 0 unspecified atom stereocenters. The van der Waals surface area contributed by atoms with Crippen molar-refractivity contribution in [3.63, 3.8) is 0 Å². The van der Waals surface area contributed by atoms with Crippen molar-refractivity contribution in [3.05, 3.63) is 51.6 Å². The molecule has 0 saturated heterocycles. The van der Waals surface area contributed by atoms with Crippen LogP contribution in [-0.4, -0.2) is 12.0 Å². The lowest BCUT2D eigenvalue weighted by molar-refractivity contribution is 0.803. The lowest BCUT2D eigenvalue weighted by Gasteiger charge is -2.10. The van der Waals surface area contributed by atoms with Gasteiger partial charge in [0, 0.05) is 22.7 Å². The number of rotatable bonds is 4. The third-order valence-electron chi connectivity index (χ3n) is 2.36. The van der Waals surface area contributed by atoms with Crippen LogP contribution in [0.4, 0.5) is 0 Å². The average molecular weight is 344 g/mol. The molecule has 0 aliphatic heterocycles. The predicted octanol–water partition coefficient (Wildman–Crippen LogP) is 4.37. The molecule has 94 valence electrons. The van der Waals surface area contributed by atoms with Crippen LogP contribution in [-0.2, 0) is 6.54 Å². The Morgan fingerprint density at radius 1 is 1.33 bits per heavy atom. The number of aromatic nitrogens is 1. The first-order chi connectivity index (χ1) is 8.72. The summed E-state index contributed by atoms with van der Waals surface area (Å²) in [4.78, 5) is 5.48. The quantitative estimate of drug-likeness (QED) is 0.892. The van der Waals surface area contributed by atoms with Crippen LogP contribution in [0.5, 0.6) is 0 Å². The minimum absolute atomic E-state index is 0.743. The van der Waals surface area contributed by atoms with Crippen LogP contribution in [0, 0.1) is 0 Å². The normalized spacial score (nSPS) is 10.6. The van der Waals surface area contributed by atoms with E-state index < -0.39 is 0 Å². The van der Waals surface area contributed by atoms with E-state index in [1.165, 1.54) is 0 Å². The van der Waals surface area contributed by atoms with E-state index in [1.54, 1.807) is 18.0 Å². The lowest BCUT2D eigenvalue weighted by Crippen LogP contribution is -2.06. The Balaban J connectivity index is 2.34. The summed E-state index contributed by atoms with van der Waals surface area (Å²) >= 11 is 11.3. The smallest absolute Gasteiger partial charge is 0.115 e. The van der Waals surface area contributed by atoms with Crippen LogP contribution in [0.25, 0.3) is 0 Å². The van der Waals surface area contributed by atoms with Crippen molar-refractivity contribution in [1.29, 1.82) is 0 Å². The molecule has 0 spiro atoms. The van der Waals surface area contributed by atoms with Gasteiger partial charge in [0.2, 0.25) is 0 Å². The molecule has 2 nitrogen and oxygen atoms in total. The first-order valence-electron chi connectivity index (χ1n) is 5.42. The molecule has 1 heterocycles. The van der Waals surface area contributed by atoms with Crippen LogP contribution in [0.2, 0.25) is 5.02 Å². The molecule has 2 rings (SSSR count). The van der Waals surface area contributed by atoms with E-state index in [2.05, 4.69) is 32.3 Å². The second kappa shape index (κ2) is 6.57. The summed E-state index contributed by atoms with van der Waals surface area (Å²) in [6.07, 6.45) is 1.79. The molecule has 0 saturated carbocycles. The summed E-state index contributed by atoms with van der Waals surface area (Å²) < 4.78 is 0.991. The fraction of sp³-hybridized carbons (Fsp3) is 0.154. The molecule has 0 fully saturated rings. The van der Waals surface area contributed by atoms with Gasteiger partial charge in [-0.25, -0.2) is 4.98 Å². The Morgan fingerprint density at radius 3 is 2.89 bits per heavy atom. The van der Waals surface area contributed by atoms with E-state index in [0.29, 0.717) is 0 Å². The maximum absolute atomic E-state index is 6.23. The SMILES string of the molecule is CNCc1c(Cl)cccc1Sc1ncccc1Br. The van der Waals surface area contributed by atoms with Crippen LogP contribution in [0.3, 0.4) is 0 Å². The molecule has 0 amide bonds. The summed E-state index contributed by atoms with van der Waals surface area (Å²) in [5.74, 6) is 0. The van der Waals surface area contributed by atoms with E-state index in [9.17, 15) is 0 Å². The average Bonchev–Trinajstić information content (AvgIpc) is 2.36. The largest absolute Gasteiger partial charge is 0.316 e. The van der Waals surface area contributed by atoms with Crippen molar-refractivity contribution in [3.8, 4) is 0 Å². The van der Waals surface area contributed by atoms with Gasteiger partial charge in [-0.15, -0.1) is 0 Å². The lowest BCUT2D eigenvalue weighted by atomic mass is 10.2. The van der Waals surface area contributed by atoms with Gasteiger partial charge in [0.1, 0.15) is 5.03 Å². The third-order valence-corrected chi connectivity index (χ3v) is 4.74. The van der Waals surface area contributed by atoms with Crippen molar-refractivity contribution < 1.29 is 0 Å². The predicted molar refractivity (Wildman–Crippen MR) is 80.3 cm³/mol. The maximum atomic E-state index is 6.23. The fourth-order valence-electron chi connectivity index (χ4n) is 1.53. The zero-order valence-corrected chi connectivity index (χ0v) is 12.9. The molecule has 0 radical (unpaired) electrons. The highest BCUT2D eigenvalue weighted by Crippen LogP contribution is 2.35. The van der Waals surface area contributed by atoms with Crippen molar-refractivity contribution in [1.82, 2.24) is 10.3 Å². The number of pyridine rings is 1. The van der Waals surface area contributed by atoms with Gasteiger partial charge in [-0.05, 0) is 52.8 Å². The molecule has 1 N–H and O–H groups in total. The van der Waals surface area contributed by atoms with Crippen molar-refractivity contribution in [2.75, 3.05) is 7.05 Å². The van der Waals surface area contributed by atoms with Gasteiger partial charge in [0.25, 0.3) is 0 Å². The molecule has 2 aromatic rings. The molecule has 18 heavy (non-hydrogen) atoms. The highest BCUT2D eigenvalue weighted by molar-refractivity contribution is 9.10. The second-order valence-corrected chi connectivity index (χ2v) is 5.93. The molecular weight excluding hydrogens is 332 g/mol. The molecule has 1 aromatic heterocycles. The van der Waals surface area contributed by atoms with Gasteiger partial charge in [0.05, 0.1) is 4.47 Å². The number of nitrogens with zero attached hydrogens (tertiary/aromatic N) is 1. The Kier molecular flexibility index (Phi) is 5.06. The zero-order valence-electron chi connectivity index (χ0n) is 9.78. The van der Waals surface area contributed by atoms with Crippen LogP contribution in [0.1, 0.15) is 5.56 Å². The second-order valence-electron chi connectivity index (χ2n) is 3.64. The molecule has 0 aliphatic rings. The molecule has 0 aliphatic carbocycles. The van der Waals surface area contributed by atoms with Crippen LogP contribution < -0.4 is 5.32 Å². The van der Waals surface area contributed by atoms with Gasteiger partial charge in [-0.2, -0.15) is 0 Å². The highest BCUT2D eigenvalue weighted by Gasteiger charge is 2.10. The first kappa shape index (κ1) is 13.9. The number of halogens is 2.